The summed E-state index contributed by atoms with van der Waals surface area (Å²) in [5.74, 6) is 0. The van der Waals surface area contributed by atoms with Crippen molar-refractivity contribution in [2.45, 2.75) is 20.4 Å². The number of nitrogens with zero attached hydrogens (tertiary/aromatic N) is 1. The smallest absolute Gasteiger partial charge is 0.0898 e. The van der Waals surface area contributed by atoms with Crippen LogP contribution in [-0.4, -0.2) is 4.98 Å². The minimum atomic E-state index is 0.720. The topological polar surface area (TPSA) is 50.9 Å². The first-order chi connectivity index (χ1) is 7.65. The lowest BCUT2D eigenvalue weighted by Crippen LogP contribution is -2.03. The molecule has 3 N–H and O–H groups in total. The molecule has 4 heteroatoms. The van der Waals surface area contributed by atoms with Crippen molar-refractivity contribution in [1.82, 2.24) is 4.98 Å². The number of aromatic nitrogens is 1. The number of thiazole rings is 1. The summed E-state index contributed by atoms with van der Waals surface area (Å²) in [6.07, 6.45) is 0. The number of hydrogen-bond acceptors (Lipinski definition) is 4. The van der Waals surface area contributed by atoms with Crippen LogP contribution < -0.4 is 11.1 Å². The summed E-state index contributed by atoms with van der Waals surface area (Å²) in [6.45, 7) is 4.78. The molecule has 0 saturated heterocycles. The normalized spacial score (nSPS) is 10.4. The van der Waals surface area contributed by atoms with Crippen molar-refractivity contribution >= 4 is 22.7 Å². The summed E-state index contributed by atoms with van der Waals surface area (Å²) >= 11 is 1.66. The van der Waals surface area contributed by atoms with Gasteiger partial charge in [0.05, 0.1) is 28.6 Å². The molecular formula is C12H15N3S. The van der Waals surface area contributed by atoms with E-state index in [-0.39, 0.29) is 0 Å². The molecule has 1 aromatic carbocycles. The standard InChI is InChI=1S/C12H15N3S/c1-8-3-4-11(13)12(5-8)14-6-10-7-16-9(2)15-10/h3-5,7,14H,6,13H2,1-2H3. The van der Waals surface area contributed by atoms with E-state index in [1.54, 1.807) is 11.3 Å². The first-order valence-electron chi connectivity index (χ1n) is 5.16. The van der Waals surface area contributed by atoms with Crippen LogP contribution in [0.1, 0.15) is 16.3 Å². The summed E-state index contributed by atoms with van der Waals surface area (Å²) < 4.78 is 0. The molecule has 0 amide bonds. The Kier molecular flexibility index (Phi) is 3.10. The Morgan fingerprint density at radius 1 is 1.38 bits per heavy atom. The fourth-order valence-electron chi connectivity index (χ4n) is 1.50. The van der Waals surface area contributed by atoms with Crippen molar-refractivity contribution in [3.05, 3.63) is 39.8 Å². The molecule has 2 aromatic rings. The average Bonchev–Trinajstić information content (AvgIpc) is 2.66. The van der Waals surface area contributed by atoms with Gasteiger partial charge < -0.3 is 11.1 Å². The van der Waals surface area contributed by atoms with Crippen LogP contribution in [0, 0.1) is 13.8 Å². The van der Waals surface area contributed by atoms with Crippen molar-refractivity contribution in [3.8, 4) is 0 Å². The van der Waals surface area contributed by atoms with E-state index in [9.17, 15) is 0 Å². The fraction of sp³-hybridized carbons (Fsp3) is 0.250. The maximum Gasteiger partial charge on any atom is 0.0898 e. The van der Waals surface area contributed by atoms with Gasteiger partial charge in [0.15, 0.2) is 0 Å². The summed E-state index contributed by atoms with van der Waals surface area (Å²) in [5, 5.41) is 6.46. The van der Waals surface area contributed by atoms with Gasteiger partial charge in [-0.05, 0) is 31.5 Å². The summed E-state index contributed by atoms with van der Waals surface area (Å²) in [6, 6.07) is 5.98. The molecule has 84 valence electrons. The highest BCUT2D eigenvalue weighted by Gasteiger charge is 2.01. The quantitative estimate of drug-likeness (QED) is 0.801. The van der Waals surface area contributed by atoms with Gasteiger partial charge in [-0.25, -0.2) is 4.98 Å². The van der Waals surface area contributed by atoms with Crippen LogP contribution >= 0.6 is 11.3 Å². The summed E-state index contributed by atoms with van der Waals surface area (Å²) in [4.78, 5) is 4.39. The number of rotatable bonds is 3. The molecule has 0 fully saturated rings. The highest BCUT2D eigenvalue weighted by molar-refractivity contribution is 7.09. The van der Waals surface area contributed by atoms with E-state index in [4.69, 9.17) is 5.73 Å². The zero-order valence-corrected chi connectivity index (χ0v) is 10.3. The zero-order chi connectivity index (χ0) is 11.5. The van der Waals surface area contributed by atoms with Gasteiger partial charge in [0, 0.05) is 5.38 Å². The predicted octanol–water partition coefficient (Wildman–Crippen LogP) is 2.95. The van der Waals surface area contributed by atoms with E-state index in [0.717, 1.165) is 28.6 Å². The van der Waals surface area contributed by atoms with Crippen LogP contribution in [0.3, 0.4) is 0 Å². The number of nitrogens with one attached hydrogen (secondary N) is 1. The number of aryl methyl sites for hydroxylation is 2. The van der Waals surface area contributed by atoms with Gasteiger partial charge in [-0.2, -0.15) is 0 Å². The molecule has 0 saturated carbocycles. The SMILES string of the molecule is Cc1ccc(N)c(NCc2csc(C)n2)c1. The van der Waals surface area contributed by atoms with Crippen LogP contribution in [0.2, 0.25) is 0 Å². The summed E-state index contributed by atoms with van der Waals surface area (Å²) in [7, 11) is 0. The van der Waals surface area contributed by atoms with Crippen LogP contribution in [0.15, 0.2) is 23.6 Å². The van der Waals surface area contributed by atoms with Gasteiger partial charge in [0.1, 0.15) is 0 Å². The van der Waals surface area contributed by atoms with E-state index in [1.165, 1.54) is 5.56 Å². The van der Waals surface area contributed by atoms with E-state index in [2.05, 4.69) is 28.7 Å². The molecule has 0 radical (unpaired) electrons. The Morgan fingerprint density at radius 2 is 2.19 bits per heavy atom. The van der Waals surface area contributed by atoms with E-state index < -0.39 is 0 Å². The lowest BCUT2D eigenvalue weighted by atomic mass is 10.2. The second-order valence-electron chi connectivity index (χ2n) is 3.80. The van der Waals surface area contributed by atoms with Crippen molar-refractivity contribution in [1.29, 1.82) is 0 Å². The Bertz CT molecular complexity index is 491. The van der Waals surface area contributed by atoms with Crippen molar-refractivity contribution in [2.75, 3.05) is 11.1 Å². The molecular weight excluding hydrogens is 218 g/mol. The maximum absolute atomic E-state index is 5.88. The van der Waals surface area contributed by atoms with Gasteiger partial charge >= 0.3 is 0 Å². The minimum absolute atomic E-state index is 0.720. The van der Waals surface area contributed by atoms with Gasteiger partial charge in [0.25, 0.3) is 0 Å². The molecule has 16 heavy (non-hydrogen) atoms. The van der Waals surface area contributed by atoms with Crippen molar-refractivity contribution in [3.63, 3.8) is 0 Å². The lowest BCUT2D eigenvalue weighted by Gasteiger charge is -2.08. The molecule has 1 aromatic heterocycles. The molecule has 0 atom stereocenters. The Labute approximate surface area is 99.3 Å². The molecule has 0 spiro atoms. The highest BCUT2D eigenvalue weighted by atomic mass is 32.1. The second kappa shape index (κ2) is 4.53. The third kappa shape index (κ3) is 2.52. The minimum Gasteiger partial charge on any atom is -0.397 e. The van der Waals surface area contributed by atoms with Gasteiger partial charge in [-0.1, -0.05) is 6.07 Å². The molecule has 1 heterocycles. The zero-order valence-electron chi connectivity index (χ0n) is 9.45. The van der Waals surface area contributed by atoms with E-state index in [1.807, 2.05) is 19.1 Å². The highest BCUT2D eigenvalue weighted by Crippen LogP contribution is 2.20. The largest absolute Gasteiger partial charge is 0.397 e. The number of benzene rings is 1. The van der Waals surface area contributed by atoms with Crippen LogP contribution in [0.25, 0.3) is 0 Å². The first-order valence-corrected chi connectivity index (χ1v) is 6.04. The average molecular weight is 233 g/mol. The molecule has 2 rings (SSSR count). The lowest BCUT2D eigenvalue weighted by molar-refractivity contribution is 1.05. The second-order valence-corrected chi connectivity index (χ2v) is 4.86. The Morgan fingerprint density at radius 3 is 2.88 bits per heavy atom. The number of anilines is 2. The van der Waals surface area contributed by atoms with Crippen LogP contribution in [0.5, 0.6) is 0 Å². The predicted molar refractivity (Wildman–Crippen MR) is 69.8 cm³/mol. The number of nitrogen functional groups attached to an aromatic ring is 1. The third-order valence-corrected chi connectivity index (χ3v) is 3.16. The molecule has 3 nitrogen and oxygen atoms in total. The van der Waals surface area contributed by atoms with Crippen molar-refractivity contribution < 1.29 is 0 Å². The maximum atomic E-state index is 5.88. The Hall–Kier alpha value is -1.55. The molecule has 0 bridgehead atoms. The molecule has 0 aliphatic carbocycles. The molecule has 0 aliphatic rings. The first kappa shape index (κ1) is 11.0. The monoisotopic (exact) mass is 233 g/mol. The number of hydrogen-bond donors (Lipinski definition) is 2. The molecule has 0 unspecified atom stereocenters. The van der Waals surface area contributed by atoms with Gasteiger partial charge in [-0.15, -0.1) is 11.3 Å². The Balaban J connectivity index is 2.07. The fourth-order valence-corrected chi connectivity index (χ4v) is 2.11. The van der Waals surface area contributed by atoms with E-state index in [0.29, 0.717) is 0 Å². The van der Waals surface area contributed by atoms with E-state index >= 15 is 0 Å². The molecule has 0 aliphatic heterocycles. The van der Waals surface area contributed by atoms with Gasteiger partial charge in [-0.3, -0.25) is 0 Å². The van der Waals surface area contributed by atoms with Crippen molar-refractivity contribution in [2.24, 2.45) is 0 Å². The third-order valence-electron chi connectivity index (χ3n) is 2.34. The number of nitrogens with two attached hydrogens (primary N) is 1. The van der Waals surface area contributed by atoms with Gasteiger partial charge in [0.2, 0.25) is 0 Å². The summed E-state index contributed by atoms with van der Waals surface area (Å²) in [5.41, 5.74) is 9.89. The van der Waals surface area contributed by atoms with Crippen LogP contribution in [-0.2, 0) is 6.54 Å². The van der Waals surface area contributed by atoms with Crippen LogP contribution in [0.4, 0.5) is 11.4 Å².